The first-order chi connectivity index (χ1) is 12.0. The van der Waals surface area contributed by atoms with Crippen LogP contribution in [0.4, 0.5) is 4.39 Å². The van der Waals surface area contributed by atoms with Crippen LogP contribution in [0.1, 0.15) is 27.3 Å². The standard InChI is InChI=1S/C20H19FN2O2/c1-14-11-18(19(24)13-22-10-4-3-5-20(22)25)15(2)23(14)12-16-6-8-17(21)9-7-16/h3-11H,12-13H2,1-2H3. The monoisotopic (exact) mass is 338 g/mol. The van der Waals surface area contributed by atoms with Crippen LogP contribution in [-0.4, -0.2) is 14.9 Å². The fourth-order valence-electron chi connectivity index (χ4n) is 2.93. The zero-order valence-corrected chi connectivity index (χ0v) is 14.2. The van der Waals surface area contributed by atoms with Crippen LogP contribution in [0.3, 0.4) is 0 Å². The van der Waals surface area contributed by atoms with Crippen LogP contribution in [0, 0.1) is 19.7 Å². The molecule has 0 bridgehead atoms. The number of rotatable bonds is 5. The van der Waals surface area contributed by atoms with Gasteiger partial charge >= 0.3 is 0 Å². The average molecular weight is 338 g/mol. The van der Waals surface area contributed by atoms with Gasteiger partial charge in [0.05, 0.1) is 6.54 Å². The van der Waals surface area contributed by atoms with E-state index in [4.69, 9.17) is 0 Å². The molecular formula is C20H19FN2O2. The molecule has 1 aromatic carbocycles. The lowest BCUT2D eigenvalue weighted by Crippen LogP contribution is -2.22. The molecule has 4 nitrogen and oxygen atoms in total. The van der Waals surface area contributed by atoms with E-state index in [9.17, 15) is 14.0 Å². The molecule has 3 rings (SSSR count). The van der Waals surface area contributed by atoms with Crippen LogP contribution in [0.2, 0.25) is 0 Å². The molecule has 0 fully saturated rings. The van der Waals surface area contributed by atoms with Crippen molar-refractivity contribution in [3.05, 3.63) is 93.4 Å². The van der Waals surface area contributed by atoms with Gasteiger partial charge in [-0.05, 0) is 43.7 Å². The number of carbonyl (C=O) groups is 1. The molecule has 0 atom stereocenters. The highest BCUT2D eigenvalue weighted by atomic mass is 19.1. The lowest BCUT2D eigenvalue weighted by atomic mass is 10.1. The van der Waals surface area contributed by atoms with E-state index < -0.39 is 0 Å². The van der Waals surface area contributed by atoms with Crippen molar-refractivity contribution in [1.82, 2.24) is 9.13 Å². The third-order valence-corrected chi connectivity index (χ3v) is 4.34. The molecule has 0 unspecified atom stereocenters. The minimum absolute atomic E-state index is 0.0144. The van der Waals surface area contributed by atoms with Gasteiger partial charge in [0.2, 0.25) is 0 Å². The molecular weight excluding hydrogens is 319 g/mol. The summed E-state index contributed by atoms with van der Waals surface area (Å²) in [6.07, 6.45) is 1.61. The van der Waals surface area contributed by atoms with E-state index >= 15 is 0 Å². The highest BCUT2D eigenvalue weighted by Gasteiger charge is 2.16. The van der Waals surface area contributed by atoms with E-state index in [2.05, 4.69) is 0 Å². The maximum absolute atomic E-state index is 13.1. The minimum atomic E-state index is -0.270. The van der Waals surface area contributed by atoms with Gasteiger partial charge in [-0.15, -0.1) is 0 Å². The van der Waals surface area contributed by atoms with Crippen molar-refractivity contribution >= 4 is 5.78 Å². The molecule has 5 heteroatoms. The van der Waals surface area contributed by atoms with Gasteiger partial charge in [-0.2, -0.15) is 0 Å². The third kappa shape index (κ3) is 3.60. The van der Waals surface area contributed by atoms with Gasteiger partial charge in [0.25, 0.3) is 5.56 Å². The summed E-state index contributed by atoms with van der Waals surface area (Å²) >= 11 is 0. The van der Waals surface area contributed by atoms with Crippen LogP contribution in [-0.2, 0) is 13.1 Å². The number of benzene rings is 1. The number of halogens is 1. The molecule has 0 aliphatic rings. The molecule has 25 heavy (non-hydrogen) atoms. The fraction of sp³-hybridized carbons (Fsp3) is 0.200. The van der Waals surface area contributed by atoms with Gasteiger partial charge in [-0.3, -0.25) is 9.59 Å². The Kier molecular flexibility index (Phi) is 4.65. The Balaban J connectivity index is 1.86. The van der Waals surface area contributed by atoms with Crippen molar-refractivity contribution in [1.29, 1.82) is 0 Å². The second-order valence-electron chi connectivity index (χ2n) is 6.09. The number of Topliss-reactive ketones (excluding diaryl/α,β-unsaturated/α-hetero) is 1. The van der Waals surface area contributed by atoms with Gasteiger partial charge in [0, 0.05) is 35.8 Å². The molecule has 2 aromatic heterocycles. The van der Waals surface area contributed by atoms with Crippen LogP contribution in [0.25, 0.3) is 0 Å². The Bertz CT molecular complexity index is 968. The molecule has 0 spiro atoms. The Morgan fingerprint density at radius 2 is 1.80 bits per heavy atom. The fourth-order valence-corrected chi connectivity index (χ4v) is 2.93. The number of aryl methyl sites for hydroxylation is 1. The molecule has 0 saturated heterocycles. The topological polar surface area (TPSA) is 44.0 Å². The van der Waals surface area contributed by atoms with Crippen LogP contribution < -0.4 is 5.56 Å². The predicted octanol–water partition coefficient (Wildman–Crippen LogP) is 3.34. The molecule has 128 valence electrons. The largest absolute Gasteiger partial charge is 0.344 e. The number of hydrogen-bond acceptors (Lipinski definition) is 2. The second kappa shape index (κ2) is 6.89. The summed E-state index contributed by atoms with van der Waals surface area (Å²) in [6.45, 7) is 4.40. The van der Waals surface area contributed by atoms with E-state index in [-0.39, 0.29) is 23.7 Å². The Morgan fingerprint density at radius 3 is 2.48 bits per heavy atom. The maximum Gasteiger partial charge on any atom is 0.250 e. The number of nitrogens with zero attached hydrogens (tertiary/aromatic N) is 2. The van der Waals surface area contributed by atoms with Crippen molar-refractivity contribution in [3.8, 4) is 0 Å². The molecule has 2 heterocycles. The van der Waals surface area contributed by atoms with Crippen molar-refractivity contribution in [2.75, 3.05) is 0 Å². The van der Waals surface area contributed by atoms with Gasteiger partial charge in [-0.1, -0.05) is 18.2 Å². The van der Waals surface area contributed by atoms with Gasteiger partial charge in [-0.25, -0.2) is 4.39 Å². The van der Waals surface area contributed by atoms with E-state index in [0.29, 0.717) is 12.1 Å². The Morgan fingerprint density at radius 1 is 1.08 bits per heavy atom. The first-order valence-corrected chi connectivity index (χ1v) is 8.05. The molecule has 0 aliphatic carbocycles. The lowest BCUT2D eigenvalue weighted by molar-refractivity contribution is 0.0970. The predicted molar refractivity (Wildman–Crippen MR) is 94.4 cm³/mol. The van der Waals surface area contributed by atoms with Crippen molar-refractivity contribution < 1.29 is 9.18 Å². The molecule has 3 aromatic rings. The number of ketones is 1. The third-order valence-electron chi connectivity index (χ3n) is 4.34. The molecule has 0 amide bonds. The summed E-state index contributed by atoms with van der Waals surface area (Å²) in [5.41, 5.74) is 3.16. The molecule has 0 saturated carbocycles. The van der Waals surface area contributed by atoms with Crippen LogP contribution >= 0.6 is 0 Å². The molecule has 0 aliphatic heterocycles. The maximum atomic E-state index is 13.1. The van der Waals surface area contributed by atoms with E-state index in [1.807, 2.05) is 24.5 Å². The highest BCUT2D eigenvalue weighted by Crippen LogP contribution is 2.18. The molecule has 0 radical (unpaired) electrons. The highest BCUT2D eigenvalue weighted by molar-refractivity contribution is 5.97. The second-order valence-corrected chi connectivity index (χ2v) is 6.09. The van der Waals surface area contributed by atoms with Gasteiger partial charge < -0.3 is 9.13 Å². The molecule has 0 N–H and O–H groups in total. The first kappa shape index (κ1) is 16.9. The zero-order chi connectivity index (χ0) is 18.0. The summed E-state index contributed by atoms with van der Waals surface area (Å²) in [5.74, 6) is -0.374. The van der Waals surface area contributed by atoms with Gasteiger partial charge in [0.1, 0.15) is 5.82 Å². The summed E-state index contributed by atoms with van der Waals surface area (Å²) in [5, 5.41) is 0. The number of carbonyl (C=O) groups excluding carboxylic acids is 1. The smallest absolute Gasteiger partial charge is 0.250 e. The van der Waals surface area contributed by atoms with Crippen molar-refractivity contribution in [2.45, 2.75) is 26.9 Å². The van der Waals surface area contributed by atoms with Crippen LogP contribution in [0.5, 0.6) is 0 Å². The summed E-state index contributed by atoms with van der Waals surface area (Å²) in [6, 6.07) is 13.0. The SMILES string of the molecule is Cc1cc(C(=O)Cn2ccccc2=O)c(C)n1Cc1ccc(F)cc1. The van der Waals surface area contributed by atoms with E-state index in [1.165, 1.54) is 22.8 Å². The van der Waals surface area contributed by atoms with Crippen molar-refractivity contribution in [2.24, 2.45) is 0 Å². The first-order valence-electron chi connectivity index (χ1n) is 8.05. The van der Waals surface area contributed by atoms with E-state index in [1.54, 1.807) is 30.5 Å². The number of hydrogen-bond donors (Lipinski definition) is 0. The Hall–Kier alpha value is -2.95. The van der Waals surface area contributed by atoms with Crippen molar-refractivity contribution in [3.63, 3.8) is 0 Å². The average Bonchev–Trinajstić information content (AvgIpc) is 2.87. The zero-order valence-electron chi connectivity index (χ0n) is 14.2. The van der Waals surface area contributed by atoms with Crippen LogP contribution in [0.15, 0.2) is 59.5 Å². The van der Waals surface area contributed by atoms with Gasteiger partial charge in [0.15, 0.2) is 5.78 Å². The summed E-state index contributed by atoms with van der Waals surface area (Å²) in [7, 11) is 0. The summed E-state index contributed by atoms with van der Waals surface area (Å²) < 4.78 is 16.5. The quantitative estimate of drug-likeness (QED) is 0.670. The minimum Gasteiger partial charge on any atom is -0.344 e. The summed E-state index contributed by atoms with van der Waals surface area (Å²) in [4.78, 5) is 24.4. The number of aromatic nitrogens is 2. The number of pyridine rings is 1. The van der Waals surface area contributed by atoms with E-state index in [0.717, 1.165) is 17.0 Å². The lowest BCUT2D eigenvalue weighted by Gasteiger charge is -2.10. The normalized spacial score (nSPS) is 10.8. The Labute approximate surface area is 145 Å².